The Morgan fingerprint density at radius 1 is 1.00 bits per heavy atom. The Kier molecular flexibility index (Phi) is 11.6. The predicted molar refractivity (Wildman–Crippen MR) is 98.8 cm³/mol. The standard InChI is InChI=1S/C10H14O3.C9H12O3.CH4/c1-3-8(10(11)12-2)7-9-5-4-6-13-9;1-2-7(9(10)11)6-8-4-3-5-12-8;/h4-6,8H,3,7H2,1-2H3;3-5,7H,2,6H2,1H3,(H,10,11);1H4. The van der Waals surface area contributed by atoms with Crippen molar-refractivity contribution in [3.8, 4) is 0 Å². The van der Waals surface area contributed by atoms with Crippen molar-refractivity contribution in [1.29, 1.82) is 0 Å². The molecule has 0 aliphatic rings. The van der Waals surface area contributed by atoms with Gasteiger partial charge in [0.25, 0.3) is 0 Å². The highest BCUT2D eigenvalue weighted by molar-refractivity contribution is 5.72. The summed E-state index contributed by atoms with van der Waals surface area (Å²) in [6.45, 7) is 3.83. The molecule has 2 heterocycles. The molecule has 2 aromatic rings. The molecule has 26 heavy (non-hydrogen) atoms. The second-order valence-corrected chi connectivity index (χ2v) is 5.64. The van der Waals surface area contributed by atoms with Crippen molar-refractivity contribution in [2.24, 2.45) is 11.8 Å². The van der Waals surface area contributed by atoms with Crippen LogP contribution in [0.5, 0.6) is 0 Å². The molecule has 2 unspecified atom stereocenters. The van der Waals surface area contributed by atoms with E-state index in [-0.39, 0.29) is 25.2 Å². The van der Waals surface area contributed by atoms with Gasteiger partial charge >= 0.3 is 11.9 Å². The van der Waals surface area contributed by atoms with Gasteiger partial charge in [0.1, 0.15) is 11.5 Å². The summed E-state index contributed by atoms with van der Waals surface area (Å²) in [6, 6.07) is 7.25. The number of methoxy groups -OCH3 is 1. The normalized spacial score (nSPS) is 12.1. The number of carbonyl (C=O) groups is 2. The summed E-state index contributed by atoms with van der Waals surface area (Å²) in [4.78, 5) is 21.8. The van der Waals surface area contributed by atoms with E-state index >= 15 is 0 Å². The van der Waals surface area contributed by atoms with Crippen LogP contribution in [-0.4, -0.2) is 24.2 Å². The van der Waals surface area contributed by atoms with Crippen LogP contribution in [0.3, 0.4) is 0 Å². The first-order valence-corrected chi connectivity index (χ1v) is 8.37. The summed E-state index contributed by atoms with van der Waals surface area (Å²) in [5.74, 6) is 0.238. The highest BCUT2D eigenvalue weighted by atomic mass is 16.5. The fourth-order valence-corrected chi connectivity index (χ4v) is 2.31. The van der Waals surface area contributed by atoms with Crippen molar-refractivity contribution in [2.75, 3.05) is 7.11 Å². The average Bonchev–Trinajstić information content (AvgIpc) is 3.30. The SMILES string of the molecule is C.CCC(Cc1ccco1)C(=O)O.CCC(Cc1ccco1)C(=O)OC. The van der Waals surface area contributed by atoms with Gasteiger partial charge in [0.2, 0.25) is 0 Å². The maximum absolute atomic E-state index is 11.2. The Bertz CT molecular complexity index is 600. The zero-order valence-corrected chi connectivity index (χ0v) is 14.9. The van der Waals surface area contributed by atoms with Crippen LogP contribution >= 0.6 is 0 Å². The number of hydrogen-bond donors (Lipinski definition) is 1. The summed E-state index contributed by atoms with van der Waals surface area (Å²) in [5, 5.41) is 8.73. The van der Waals surface area contributed by atoms with E-state index in [4.69, 9.17) is 13.9 Å². The van der Waals surface area contributed by atoms with Gasteiger partial charge in [0.15, 0.2) is 0 Å². The maximum atomic E-state index is 11.2. The average molecular weight is 366 g/mol. The van der Waals surface area contributed by atoms with E-state index in [2.05, 4.69) is 4.74 Å². The number of hydrogen-bond acceptors (Lipinski definition) is 5. The molecule has 0 aliphatic carbocycles. The van der Waals surface area contributed by atoms with Crippen molar-refractivity contribution in [2.45, 2.75) is 47.0 Å². The fraction of sp³-hybridized carbons (Fsp3) is 0.500. The molecule has 0 aromatic carbocycles. The number of rotatable bonds is 8. The predicted octanol–water partition coefficient (Wildman–Crippen LogP) is 4.59. The lowest BCUT2D eigenvalue weighted by Gasteiger charge is -2.09. The van der Waals surface area contributed by atoms with Crippen molar-refractivity contribution in [1.82, 2.24) is 0 Å². The fourth-order valence-electron chi connectivity index (χ4n) is 2.31. The minimum absolute atomic E-state index is 0. The van der Waals surface area contributed by atoms with Crippen LogP contribution in [0.15, 0.2) is 45.6 Å². The molecule has 0 amide bonds. The molecule has 0 fully saturated rings. The summed E-state index contributed by atoms with van der Waals surface area (Å²) in [6.07, 6.45) is 5.68. The number of aliphatic carboxylic acids is 1. The highest BCUT2D eigenvalue weighted by Gasteiger charge is 2.18. The second-order valence-electron chi connectivity index (χ2n) is 5.64. The smallest absolute Gasteiger partial charge is 0.309 e. The van der Waals surface area contributed by atoms with E-state index in [0.717, 1.165) is 17.9 Å². The Labute approximate surface area is 155 Å². The molecule has 0 bridgehead atoms. The first kappa shape index (κ1) is 23.5. The Hall–Kier alpha value is -2.50. The molecule has 6 heteroatoms. The molecule has 146 valence electrons. The lowest BCUT2D eigenvalue weighted by molar-refractivity contribution is -0.145. The number of carboxylic acid groups (broad SMARTS) is 1. The van der Waals surface area contributed by atoms with E-state index < -0.39 is 5.97 Å². The lowest BCUT2D eigenvalue weighted by Crippen LogP contribution is -2.17. The van der Waals surface area contributed by atoms with E-state index in [1.165, 1.54) is 7.11 Å². The van der Waals surface area contributed by atoms with Crippen molar-refractivity contribution < 1.29 is 28.3 Å². The summed E-state index contributed by atoms with van der Waals surface area (Å²) in [5.41, 5.74) is 0. The first-order chi connectivity index (χ1) is 12.0. The van der Waals surface area contributed by atoms with E-state index in [0.29, 0.717) is 19.3 Å². The van der Waals surface area contributed by atoms with E-state index in [9.17, 15) is 9.59 Å². The Balaban J connectivity index is 0.000000464. The molecule has 2 aromatic heterocycles. The minimum atomic E-state index is -0.756. The van der Waals surface area contributed by atoms with Crippen molar-refractivity contribution in [3.63, 3.8) is 0 Å². The molecular formula is C20H30O6. The van der Waals surface area contributed by atoms with E-state index in [1.54, 1.807) is 24.7 Å². The van der Waals surface area contributed by atoms with E-state index in [1.807, 2.05) is 26.0 Å². The monoisotopic (exact) mass is 366 g/mol. The summed E-state index contributed by atoms with van der Waals surface area (Å²) in [7, 11) is 1.41. The number of furan rings is 2. The van der Waals surface area contributed by atoms with Gasteiger partial charge in [-0.15, -0.1) is 0 Å². The summed E-state index contributed by atoms with van der Waals surface area (Å²) < 4.78 is 14.9. The van der Waals surface area contributed by atoms with Crippen LogP contribution in [0.4, 0.5) is 0 Å². The van der Waals surface area contributed by atoms with Crippen LogP contribution in [-0.2, 0) is 27.2 Å². The molecule has 6 nitrogen and oxygen atoms in total. The van der Waals surface area contributed by atoms with Crippen LogP contribution in [0.2, 0.25) is 0 Å². The van der Waals surface area contributed by atoms with Gasteiger partial charge in [-0.1, -0.05) is 21.3 Å². The number of carbonyl (C=O) groups excluding carboxylic acids is 1. The minimum Gasteiger partial charge on any atom is -0.481 e. The molecule has 0 aliphatic heterocycles. The van der Waals surface area contributed by atoms with Crippen LogP contribution < -0.4 is 0 Å². The largest absolute Gasteiger partial charge is 0.481 e. The zero-order valence-electron chi connectivity index (χ0n) is 14.9. The zero-order chi connectivity index (χ0) is 18.7. The lowest BCUT2D eigenvalue weighted by atomic mass is 10.0. The highest BCUT2D eigenvalue weighted by Crippen LogP contribution is 2.14. The Morgan fingerprint density at radius 2 is 1.46 bits per heavy atom. The molecular weight excluding hydrogens is 336 g/mol. The number of esters is 1. The second kappa shape index (κ2) is 12.8. The topological polar surface area (TPSA) is 89.9 Å². The van der Waals surface area contributed by atoms with Crippen LogP contribution in [0, 0.1) is 11.8 Å². The molecule has 1 N–H and O–H groups in total. The third-order valence-electron chi connectivity index (χ3n) is 3.92. The van der Waals surface area contributed by atoms with Gasteiger partial charge in [-0.25, -0.2) is 0 Å². The van der Waals surface area contributed by atoms with Gasteiger partial charge in [-0.2, -0.15) is 0 Å². The summed E-state index contributed by atoms with van der Waals surface area (Å²) >= 11 is 0. The van der Waals surface area contributed by atoms with Crippen LogP contribution in [0.25, 0.3) is 0 Å². The molecule has 2 rings (SSSR count). The van der Waals surface area contributed by atoms with Crippen molar-refractivity contribution >= 4 is 11.9 Å². The third kappa shape index (κ3) is 8.05. The Morgan fingerprint density at radius 3 is 1.77 bits per heavy atom. The van der Waals surface area contributed by atoms with Gasteiger partial charge in [0.05, 0.1) is 31.5 Å². The third-order valence-corrected chi connectivity index (χ3v) is 3.92. The van der Waals surface area contributed by atoms with Gasteiger partial charge in [-0.3, -0.25) is 9.59 Å². The first-order valence-electron chi connectivity index (χ1n) is 8.37. The van der Waals surface area contributed by atoms with Crippen molar-refractivity contribution in [3.05, 3.63) is 48.3 Å². The number of ether oxygens (including phenoxy) is 1. The quantitative estimate of drug-likeness (QED) is 0.687. The van der Waals surface area contributed by atoms with Gasteiger partial charge in [0, 0.05) is 12.8 Å². The molecule has 0 spiro atoms. The maximum Gasteiger partial charge on any atom is 0.309 e. The van der Waals surface area contributed by atoms with Gasteiger partial charge in [-0.05, 0) is 37.1 Å². The molecule has 2 atom stereocenters. The van der Waals surface area contributed by atoms with Crippen LogP contribution in [0.1, 0.15) is 45.6 Å². The molecule has 0 saturated carbocycles. The molecule has 0 saturated heterocycles. The number of carboxylic acids is 1. The molecule has 0 radical (unpaired) electrons. The van der Waals surface area contributed by atoms with Gasteiger partial charge < -0.3 is 18.7 Å².